The summed E-state index contributed by atoms with van der Waals surface area (Å²) in [6, 6.07) is 17.4. The normalized spacial score (nSPS) is 15.1. The van der Waals surface area contributed by atoms with Crippen LogP contribution in [0.5, 0.6) is 0 Å². The molecule has 1 atom stereocenters. The standard InChI is InChI=1S/C21H28N4O3S/c1-22-21(24-15-19(16-26)17-7-3-2-4-8-17)23-12-14-29(27,28)25-13-11-18-9-5-6-10-20(18)25/h2-10,19,26H,11-16H2,1H3,(H2,22,23,24). The maximum Gasteiger partial charge on any atom is 0.236 e. The number of anilines is 1. The Morgan fingerprint density at radius 1 is 1.14 bits per heavy atom. The molecule has 0 aromatic heterocycles. The molecule has 0 saturated heterocycles. The van der Waals surface area contributed by atoms with Gasteiger partial charge in [-0.15, -0.1) is 0 Å². The zero-order chi connectivity index (χ0) is 20.7. The van der Waals surface area contributed by atoms with Gasteiger partial charge in [0.2, 0.25) is 10.0 Å². The highest BCUT2D eigenvalue weighted by Crippen LogP contribution is 2.29. The van der Waals surface area contributed by atoms with Crippen molar-refractivity contribution in [3.05, 3.63) is 65.7 Å². The average molecular weight is 417 g/mol. The highest BCUT2D eigenvalue weighted by atomic mass is 32.2. The molecule has 2 aromatic carbocycles. The van der Waals surface area contributed by atoms with Gasteiger partial charge in [-0.25, -0.2) is 8.42 Å². The third-order valence-corrected chi connectivity index (χ3v) is 6.83. The predicted octanol–water partition coefficient (Wildman–Crippen LogP) is 1.32. The lowest BCUT2D eigenvalue weighted by atomic mass is 10.0. The summed E-state index contributed by atoms with van der Waals surface area (Å²) in [5.41, 5.74) is 2.88. The van der Waals surface area contributed by atoms with Crippen molar-refractivity contribution in [2.75, 3.05) is 43.3 Å². The summed E-state index contributed by atoms with van der Waals surface area (Å²) in [5.74, 6) is 0.417. The number of para-hydroxylation sites is 1. The van der Waals surface area contributed by atoms with E-state index in [2.05, 4.69) is 15.6 Å². The molecule has 0 bridgehead atoms. The molecular weight excluding hydrogens is 388 g/mol. The number of benzene rings is 2. The maximum atomic E-state index is 12.8. The van der Waals surface area contributed by atoms with Gasteiger partial charge >= 0.3 is 0 Å². The van der Waals surface area contributed by atoms with E-state index in [-0.39, 0.29) is 24.8 Å². The molecule has 1 aliphatic rings. The smallest absolute Gasteiger partial charge is 0.236 e. The maximum absolute atomic E-state index is 12.8. The molecule has 3 rings (SSSR count). The van der Waals surface area contributed by atoms with Gasteiger partial charge in [-0.2, -0.15) is 0 Å². The van der Waals surface area contributed by atoms with E-state index in [1.807, 2.05) is 54.6 Å². The molecule has 1 unspecified atom stereocenters. The van der Waals surface area contributed by atoms with Crippen molar-refractivity contribution < 1.29 is 13.5 Å². The Kier molecular flexibility index (Phi) is 7.11. The van der Waals surface area contributed by atoms with Crippen molar-refractivity contribution in [1.29, 1.82) is 0 Å². The first kappa shape index (κ1) is 21.1. The Morgan fingerprint density at radius 3 is 2.59 bits per heavy atom. The molecule has 1 aliphatic heterocycles. The van der Waals surface area contributed by atoms with Crippen LogP contribution in [0.2, 0.25) is 0 Å². The van der Waals surface area contributed by atoms with Gasteiger partial charge in [-0.05, 0) is 23.6 Å². The first-order chi connectivity index (χ1) is 14.0. The predicted molar refractivity (Wildman–Crippen MR) is 117 cm³/mol. The molecule has 29 heavy (non-hydrogen) atoms. The van der Waals surface area contributed by atoms with Gasteiger partial charge in [0.15, 0.2) is 5.96 Å². The van der Waals surface area contributed by atoms with Gasteiger partial charge in [0.1, 0.15) is 0 Å². The molecule has 2 aromatic rings. The number of fused-ring (bicyclic) bond motifs is 1. The zero-order valence-corrected chi connectivity index (χ0v) is 17.4. The summed E-state index contributed by atoms with van der Waals surface area (Å²) in [5, 5.41) is 15.9. The number of guanidine groups is 1. The van der Waals surface area contributed by atoms with Gasteiger partial charge in [-0.3, -0.25) is 9.30 Å². The number of rotatable bonds is 8. The highest BCUT2D eigenvalue weighted by Gasteiger charge is 2.28. The van der Waals surface area contributed by atoms with Crippen molar-refractivity contribution in [3.8, 4) is 0 Å². The largest absolute Gasteiger partial charge is 0.396 e. The van der Waals surface area contributed by atoms with E-state index in [0.717, 1.165) is 23.2 Å². The second kappa shape index (κ2) is 9.76. The van der Waals surface area contributed by atoms with E-state index in [1.54, 1.807) is 7.05 Å². The lowest BCUT2D eigenvalue weighted by molar-refractivity contribution is 0.265. The van der Waals surface area contributed by atoms with Crippen LogP contribution in [0.25, 0.3) is 0 Å². The number of aliphatic imine (C=N–C) groups is 1. The average Bonchev–Trinajstić information content (AvgIpc) is 3.19. The Balaban J connectivity index is 1.51. The molecule has 0 spiro atoms. The van der Waals surface area contributed by atoms with Crippen LogP contribution in [-0.2, 0) is 16.4 Å². The molecule has 0 fully saturated rings. The zero-order valence-electron chi connectivity index (χ0n) is 16.6. The van der Waals surface area contributed by atoms with E-state index in [1.165, 1.54) is 4.31 Å². The second-order valence-corrected chi connectivity index (χ2v) is 8.95. The first-order valence-corrected chi connectivity index (χ1v) is 11.3. The molecule has 0 radical (unpaired) electrons. The molecule has 156 valence electrons. The number of nitrogens with zero attached hydrogens (tertiary/aromatic N) is 2. The topological polar surface area (TPSA) is 94.0 Å². The fourth-order valence-corrected chi connectivity index (χ4v) is 4.89. The van der Waals surface area contributed by atoms with E-state index in [9.17, 15) is 13.5 Å². The van der Waals surface area contributed by atoms with Crippen molar-refractivity contribution in [3.63, 3.8) is 0 Å². The lowest BCUT2D eigenvalue weighted by Crippen LogP contribution is -2.43. The number of aliphatic hydroxyl groups is 1. The SMILES string of the molecule is CN=C(NCCS(=O)(=O)N1CCc2ccccc21)NCC(CO)c1ccccc1. The van der Waals surface area contributed by atoms with Crippen molar-refractivity contribution in [2.45, 2.75) is 12.3 Å². The Labute approximate surface area is 172 Å². The molecule has 0 saturated carbocycles. The minimum Gasteiger partial charge on any atom is -0.396 e. The number of sulfonamides is 1. The molecular formula is C21H28N4O3S. The molecule has 1 heterocycles. The van der Waals surface area contributed by atoms with Crippen molar-refractivity contribution >= 4 is 21.7 Å². The monoisotopic (exact) mass is 416 g/mol. The third kappa shape index (κ3) is 5.27. The van der Waals surface area contributed by atoms with Crippen LogP contribution in [0.4, 0.5) is 5.69 Å². The minimum absolute atomic E-state index is 0.0107. The van der Waals surface area contributed by atoms with Crippen LogP contribution in [0, 0.1) is 0 Å². The van der Waals surface area contributed by atoms with Crippen LogP contribution < -0.4 is 14.9 Å². The number of nitrogens with one attached hydrogen (secondary N) is 2. The molecule has 7 nitrogen and oxygen atoms in total. The van der Waals surface area contributed by atoms with Crippen LogP contribution in [0.15, 0.2) is 59.6 Å². The van der Waals surface area contributed by atoms with Gasteiger partial charge in [0.25, 0.3) is 0 Å². The highest BCUT2D eigenvalue weighted by molar-refractivity contribution is 7.92. The molecule has 0 amide bonds. The summed E-state index contributed by atoms with van der Waals surface area (Å²) in [6.45, 7) is 1.24. The van der Waals surface area contributed by atoms with Crippen LogP contribution in [0.1, 0.15) is 17.0 Å². The van der Waals surface area contributed by atoms with Crippen LogP contribution >= 0.6 is 0 Å². The van der Waals surface area contributed by atoms with Gasteiger partial charge < -0.3 is 15.7 Å². The molecule has 0 aliphatic carbocycles. The summed E-state index contributed by atoms with van der Waals surface area (Å²) in [4.78, 5) is 4.15. The quantitative estimate of drug-likeness (QED) is 0.446. The number of hydrogen-bond acceptors (Lipinski definition) is 4. The van der Waals surface area contributed by atoms with Crippen molar-refractivity contribution in [1.82, 2.24) is 10.6 Å². The fraction of sp³-hybridized carbons (Fsp3) is 0.381. The second-order valence-electron chi connectivity index (χ2n) is 6.94. The lowest BCUT2D eigenvalue weighted by Gasteiger charge is -2.21. The summed E-state index contributed by atoms with van der Waals surface area (Å²) in [6.07, 6.45) is 0.744. The van der Waals surface area contributed by atoms with E-state index in [0.29, 0.717) is 19.0 Å². The number of hydrogen-bond donors (Lipinski definition) is 3. The Bertz CT molecular complexity index is 932. The van der Waals surface area contributed by atoms with Gasteiger partial charge in [0, 0.05) is 32.6 Å². The van der Waals surface area contributed by atoms with Crippen molar-refractivity contribution in [2.24, 2.45) is 4.99 Å². The first-order valence-electron chi connectivity index (χ1n) is 9.74. The Hall–Kier alpha value is -2.58. The molecule has 8 heteroatoms. The summed E-state index contributed by atoms with van der Waals surface area (Å²) in [7, 11) is -1.77. The Morgan fingerprint density at radius 2 is 1.86 bits per heavy atom. The fourth-order valence-electron chi connectivity index (χ4n) is 3.46. The minimum atomic E-state index is -3.41. The van der Waals surface area contributed by atoms with Crippen LogP contribution in [-0.4, -0.2) is 58.5 Å². The van der Waals surface area contributed by atoms with Gasteiger partial charge in [-0.1, -0.05) is 48.5 Å². The van der Waals surface area contributed by atoms with E-state index in [4.69, 9.17) is 0 Å². The summed E-state index contributed by atoms with van der Waals surface area (Å²) >= 11 is 0. The summed E-state index contributed by atoms with van der Waals surface area (Å²) < 4.78 is 27.0. The molecule has 3 N–H and O–H groups in total. The number of aliphatic hydroxyl groups excluding tert-OH is 1. The van der Waals surface area contributed by atoms with E-state index >= 15 is 0 Å². The van der Waals surface area contributed by atoms with Gasteiger partial charge in [0.05, 0.1) is 18.0 Å². The van der Waals surface area contributed by atoms with E-state index < -0.39 is 10.0 Å². The third-order valence-electron chi connectivity index (χ3n) is 5.06. The van der Waals surface area contributed by atoms with Crippen LogP contribution in [0.3, 0.4) is 0 Å².